The Labute approximate surface area is 185 Å². The first-order chi connectivity index (χ1) is 15.5. The van der Waals surface area contributed by atoms with Gasteiger partial charge in [0.2, 0.25) is 0 Å². The summed E-state index contributed by atoms with van der Waals surface area (Å²) in [5.41, 5.74) is 0.273. The maximum Gasteiger partial charge on any atom is 0.586 e. The molecule has 1 heterocycles. The van der Waals surface area contributed by atoms with Crippen molar-refractivity contribution in [2.24, 2.45) is 0 Å². The average molecular weight is 460 g/mol. The van der Waals surface area contributed by atoms with Gasteiger partial charge in [-0.15, -0.1) is 8.78 Å². The molecule has 1 aliphatic heterocycles. The molecule has 0 saturated heterocycles. The number of nitrogens with one attached hydrogen (secondary N) is 2. The van der Waals surface area contributed by atoms with Gasteiger partial charge in [-0.05, 0) is 49.4 Å². The largest absolute Gasteiger partial charge is 0.586 e. The van der Waals surface area contributed by atoms with Crippen LogP contribution in [0.15, 0.2) is 54.2 Å². The highest BCUT2D eigenvalue weighted by atomic mass is 19.3. The van der Waals surface area contributed by atoms with Crippen LogP contribution in [0, 0.1) is 0 Å². The summed E-state index contributed by atoms with van der Waals surface area (Å²) in [7, 11) is 0. The van der Waals surface area contributed by atoms with Crippen LogP contribution in [0.4, 0.5) is 8.78 Å². The molecule has 2 amide bonds. The zero-order valence-electron chi connectivity index (χ0n) is 17.2. The van der Waals surface area contributed by atoms with E-state index in [9.17, 15) is 23.2 Å². The Hall–Kier alpha value is -4.15. The number of hydrogen-bond acceptors (Lipinski definition) is 6. The number of amides is 2. The Morgan fingerprint density at radius 2 is 1.70 bits per heavy atom. The highest BCUT2D eigenvalue weighted by Crippen LogP contribution is 2.42. The lowest BCUT2D eigenvalue weighted by Crippen LogP contribution is -2.53. The van der Waals surface area contributed by atoms with Gasteiger partial charge < -0.3 is 30.0 Å². The summed E-state index contributed by atoms with van der Waals surface area (Å²) >= 11 is 0. The van der Waals surface area contributed by atoms with Crippen molar-refractivity contribution in [2.75, 3.05) is 6.61 Å². The first-order valence-corrected chi connectivity index (χ1v) is 9.72. The number of alkyl halides is 2. The SMILES string of the molecule is CC1(NC(=O)COc2ccc3c(c2)OC(F)(F)O3)C=C(NC(=O)c2ccc(C(=O)O)cc2)C1. The third-order valence-electron chi connectivity index (χ3n) is 4.89. The molecule has 33 heavy (non-hydrogen) atoms. The highest BCUT2D eigenvalue weighted by Gasteiger charge is 2.43. The molecule has 0 spiro atoms. The Morgan fingerprint density at radius 3 is 2.36 bits per heavy atom. The van der Waals surface area contributed by atoms with E-state index in [2.05, 4.69) is 20.1 Å². The van der Waals surface area contributed by atoms with Crippen LogP contribution in [0.5, 0.6) is 17.2 Å². The Morgan fingerprint density at radius 1 is 1.06 bits per heavy atom. The minimum atomic E-state index is -3.74. The van der Waals surface area contributed by atoms with E-state index in [1.54, 1.807) is 13.0 Å². The third kappa shape index (κ3) is 5.03. The smallest absolute Gasteiger partial charge is 0.484 e. The van der Waals surface area contributed by atoms with Crippen LogP contribution in [0.2, 0.25) is 0 Å². The van der Waals surface area contributed by atoms with Crippen molar-refractivity contribution in [1.82, 2.24) is 10.6 Å². The Balaban J connectivity index is 1.26. The number of benzene rings is 2. The van der Waals surface area contributed by atoms with Crippen LogP contribution in [0.3, 0.4) is 0 Å². The maximum absolute atomic E-state index is 13.1. The van der Waals surface area contributed by atoms with Crippen molar-refractivity contribution in [1.29, 1.82) is 0 Å². The third-order valence-corrected chi connectivity index (χ3v) is 4.89. The molecule has 172 valence electrons. The van der Waals surface area contributed by atoms with E-state index in [1.165, 1.54) is 42.5 Å². The predicted molar refractivity (Wildman–Crippen MR) is 108 cm³/mol. The van der Waals surface area contributed by atoms with Gasteiger partial charge in [-0.1, -0.05) is 0 Å². The van der Waals surface area contributed by atoms with Gasteiger partial charge in [0.1, 0.15) is 5.75 Å². The minimum absolute atomic E-state index is 0.0746. The van der Waals surface area contributed by atoms with Crippen molar-refractivity contribution in [3.63, 3.8) is 0 Å². The number of halogens is 2. The number of ether oxygens (including phenoxy) is 3. The Bertz CT molecular complexity index is 1160. The molecule has 0 radical (unpaired) electrons. The van der Waals surface area contributed by atoms with E-state index in [1.807, 2.05) is 0 Å². The van der Waals surface area contributed by atoms with Gasteiger partial charge >= 0.3 is 12.3 Å². The number of rotatable bonds is 7. The number of aromatic carboxylic acids is 1. The first-order valence-electron chi connectivity index (χ1n) is 9.72. The monoisotopic (exact) mass is 460 g/mol. The molecule has 2 aromatic carbocycles. The lowest BCUT2D eigenvalue weighted by molar-refractivity contribution is -0.286. The van der Waals surface area contributed by atoms with Gasteiger partial charge in [0.05, 0.1) is 11.1 Å². The van der Waals surface area contributed by atoms with Gasteiger partial charge in [0.25, 0.3) is 11.8 Å². The summed E-state index contributed by atoms with van der Waals surface area (Å²) in [5, 5.41) is 14.4. The number of carbonyl (C=O) groups is 3. The fourth-order valence-electron chi connectivity index (χ4n) is 3.42. The fourth-order valence-corrected chi connectivity index (χ4v) is 3.42. The number of hydrogen-bond donors (Lipinski definition) is 3. The number of carboxylic acid groups (broad SMARTS) is 1. The number of carbonyl (C=O) groups excluding carboxylic acids is 2. The molecular weight excluding hydrogens is 442 g/mol. The van der Waals surface area contributed by atoms with Crippen molar-refractivity contribution in [3.8, 4) is 17.2 Å². The van der Waals surface area contributed by atoms with Gasteiger partial charge in [0, 0.05) is 23.7 Å². The van der Waals surface area contributed by atoms with Crippen LogP contribution in [-0.4, -0.2) is 41.3 Å². The quantitative estimate of drug-likeness (QED) is 0.581. The highest BCUT2D eigenvalue weighted by molar-refractivity contribution is 5.97. The van der Waals surface area contributed by atoms with Crippen molar-refractivity contribution in [3.05, 3.63) is 65.4 Å². The zero-order chi connectivity index (χ0) is 23.8. The van der Waals surface area contributed by atoms with Crippen LogP contribution < -0.4 is 24.8 Å². The molecule has 2 aromatic rings. The molecule has 11 heteroatoms. The summed E-state index contributed by atoms with van der Waals surface area (Å²) < 4.78 is 40.1. The molecule has 3 N–H and O–H groups in total. The van der Waals surface area contributed by atoms with Gasteiger partial charge in [-0.25, -0.2) is 4.79 Å². The summed E-state index contributed by atoms with van der Waals surface area (Å²) in [6.07, 6.45) is -1.70. The van der Waals surface area contributed by atoms with E-state index in [4.69, 9.17) is 9.84 Å². The predicted octanol–water partition coefficient (Wildman–Crippen LogP) is 2.68. The first kappa shape index (κ1) is 22.1. The van der Waals surface area contributed by atoms with E-state index in [-0.39, 0.29) is 29.4 Å². The molecule has 9 nitrogen and oxygen atoms in total. The second kappa shape index (κ2) is 8.08. The van der Waals surface area contributed by atoms with Crippen molar-refractivity contribution < 1.29 is 42.5 Å². The Kier molecular flexibility index (Phi) is 5.40. The standard InChI is InChI=1S/C22H18F2N2O7/c1-21(9-14(10-21)25-19(28)12-2-4-13(5-3-12)20(29)30)26-18(27)11-31-15-6-7-16-17(8-15)33-22(23,24)32-16/h2-9H,10-11H2,1H3,(H,25,28)(H,26,27)(H,29,30). The molecular formula is C22H18F2N2O7. The summed E-state index contributed by atoms with van der Waals surface area (Å²) in [6, 6.07) is 9.32. The van der Waals surface area contributed by atoms with Gasteiger partial charge in [-0.2, -0.15) is 0 Å². The summed E-state index contributed by atoms with van der Waals surface area (Å²) in [6.45, 7) is 1.39. The lowest BCUT2D eigenvalue weighted by Gasteiger charge is -2.37. The van der Waals surface area contributed by atoms with Crippen LogP contribution in [0.25, 0.3) is 0 Å². The topological polar surface area (TPSA) is 123 Å². The molecule has 1 unspecified atom stereocenters. The second-order valence-electron chi connectivity index (χ2n) is 7.71. The normalized spacial score (nSPS) is 19.7. The average Bonchev–Trinajstić information content (AvgIpc) is 3.04. The second-order valence-corrected chi connectivity index (χ2v) is 7.71. The van der Waals surface area contributed by atoms with Crippen LogP contribution in [0.1, 0.15) is 34.1 Å². The van der Waals surface area contributed by atoms with Gasteiger partial charge in [-0.3, -0.25) is 9.59 Å². The van der Waals surface area contributed by atoms with Crippen LogP contribution in [-0.2, 0) is 4.79 Å². The molecule has 0 fully saturated rings. The molecule has 0 aromatic heterocycles. The van der Waals surface area contributed by atoms with Crippen molar-refractivity contribution >= 4 is 17.8 Å². The molecule has 0 bridgehead atoms. The molecule has 1 aliphatic carbocycles. The van der Waals surface area contributed by atoms with E-state index < -0.39 is 29.6 Å². The molecule has 2 aliphatic rings. The molecule has 0 saturated carbocycles. The van der Waals surface area contributed by atoms with Crippen molar-refractivity contribution in [2.45, 2.75) is 25.2 Å². The van der Waals surface area contributed by atoms with E-state index in [0.717, 1.165) is 0 Å². The number of fused-ring (bicyclic) bond motifs is 1. The zero-order valence-corrected chi connectivity index (χ0v) is 17.2. The molecule has 4 rings (SSSR count). The number of carboxylic acids is 1. The van der Waals surface area contributed by atoms with Crippen LogP contribution >= 0.6 is 0 Å². The fraction of sp³-hybridized carbons (Fsp3) is 0.227. The van der Waals surface area contributed by atoms with E-state index >= 15 is 0 Å². The lowest BCUT2D eigenvalue weighted by atomic mass is 9.84. The molecule has 1 atom stereocenters. The van der Waals surface area contributed by atoms with E-state index in [0.29, 0.717) is 17.7 Å². The summed E-state index contributed by atoms with van der Waals surface area (Å²) in [5.74, 6) is -2.10. The minimum Gasteiger partial charge on any atom is -0.484 e. The summed E-state index contributed by atoms with van der Waals surface area (Å²) in [4.78, 5) is 35.4. The maximum atomic E-state index is 13.1. The van der Waals surface area contributed by atoms with Gasteiger partial charge in [0.15, 0.2) is 18.1 Å².